The van der Waals surface area contributed by atoms with Crippen LogP contribution in [0.15, 0.2) is 42.6 Å². The largest absolute Gasteiger partial charge is 0.503 e. The molecule has 2 N–H and O–H groups in total. The van der Waals surface area contributed by atoms with Gasteiger partial charge in [-0.25, -0.2) is 4.98 Å². The molecule has 0 aliphatic carbocycles. The summed E-state index contributed by atoms with van der Waals surface area (Å²) in [5.74, 6) is -0.433. The van der Waals surface area contributed by atoms with Gasteiger partial charge in [-0.2, -0.15) is 0 Å². The number of rotatable bonds is 5. The van der Waals surface area contributed by atoms with Crippen LogP contribution >= 0.6 is 0 Å². The van der Waals surface area contributed by atoms with Crippen molar-refractivity contribution in [1.29, 1.82) is 0 Å². The van der Waals surface area contributed by atoms with Crippen molar-refractivity contribution in [1.82, 2.24) is 10.3 Å². The number of nitrogens with zero attached hydrogens (tertiary/aromatic N) is 1. The lowest BCUT2D eigenvalue weighted by Crippen LogP contribution is -2.26. The van der Waals surface area contributed by atoms with E-state index in [1.165, 1.54) is 19.4 Å². The average molecular weight is 272 g/mol. The van der Waals surface area contributed by atoms with E-state index < -0.39 is 5.91 Å². The van der Waals surface area contributed by atoms with Gasteiger partial charge in [-0.1, -0.05) is 30.3 Å². The van der Waals surface area contributed by atoms with Gasteiger partial charge in [0.15, 0.2) is 17.2 Å². The Kier molecular flexibility index (Phi) is 4.55. The Morgan fingerprint density at radius 2 is 2.05 bits per heavy atom. The van der Waals surface area contributed by atoms with E-state index in [2.05, 4.69) is 10.3 Å². The van der Waals surface area contributed by atoms with Crippen LogP contribution in [0.4, 0.5) is 0 Å². The van der Waals surface area contributed by atoms with Crippen molar-refractivity contribution in [2.45, 2.75) is 6.42 Å². The van der Waals surface area contributed by atoms with Gasteiger partial charge in [0.05, 0.1) is 7.11 Å². The van der Waals surface area contributed by atoms with Gasteiger partial charge in [-0.15, -0.1) is 0 Å². The number of aromatic nitrogens is 1. The molecular weight excluding hydrogens is 256 g/mol. The molecule has 1 aromatic heterocycles. The summed E-state index contributed by atoms with van der Waals surface area (Å²) >= 11 is 0. The predicted molar refractivity (Wildman–Crippen MR) is 74.9 cm³/mol. The van der Waals surface area contributed by atoms with Crippen molar-refractivity contribution >= 4 is 5.91 Å². The Balaban J connectivity index is 1.95. The minimum absolute atomic E-state index is 0.0302. The van der Waals surface area contributed by atoms with E-state index in [0.29, 0.717) is 6.54 Å². The number of benzene rings is 1. The highest BCUT2D eigenvalue weighted by Crippen LogP contribution is 2.27. The summed E-state index contributed by atoms with van der Waals surface area (Å²) < 4.78 is 4.94. The first-order valence-electron chi connectivity index (χ1n) is 6.26. The molecule has 20 heavy (non-hydrogen) atoms. The number of ether oxygens (including phenoxy) is 1. The van der Waals surface area contributed by atoms with Gasteiger partial charge in [0.1, 0.15) is 0 Å². The summed E-state index contributed by atoms with van der Waals surface area (Å²) in [6.45, 7) is 0.473. The third kappa shape index (κ3) is 3.26. The number of hydrogen-bond acceptors (Lipinski definition) is 4. The van der Waals surface area contributed by atoms with Crippen molar-refractivity contribution in [3.05, 3.63) is 53.9 Å². The molecular formula is C15H16N2O3. The molecule has 0 aliphatic heterocycles. The Morgan fingerprint density at radius 3 is 2.75 bits per heavy atom. The number of aromatic hydroxyl groups is 1. The molecule has 104 valence electrons. The molecule has 0 radical (unpaired) electrons. The minimum Gasteiger partial charge on any atom is -0.503 e. The number of nitrogens with one attached hydrogen (secondary N) is 1. The van der Waals surface area contributed by atoms with E-state index in [1.54, 1.807) is 0 Å². The summed E-state index contributed by atoms with van der Waals surface area (Å²) in [5, 5.41) is 12.5. The van der Waals surface area contributed by atoms with Crippen LogP contribution in [0.3, 0.4) is 0 Å². The number of amides is 1. The zero-order chi connectivity index (χ0) is 14.4. The van der Waals surface area contributed by atoms with Crippen LogP contribution in [-0.4, -0.2) is 29.7 Å². The van der Waals surface area contributed by atoms with Gasteiger partial charge >= 0.3 is 0 Å². The van der Waals surface area contributed by atoms with Crippen molar-refractivity contribution in [3.63, 3.8) is 0 Å². The summed E-state index contributed by atoms with van der Waals surface area (Å²) in [6.07, 6.45) is 2.14. The Bertz CT molecular complexity index is 585. The topological polar surface area (TPSA) is 71.5 Å². The third-order valence-corrected chi connectivity index (χ3v) is 2.86. The molecule has 0 aliphatic rings. The molecule has 0 bridgehead atoms. The first kappa shape index (κ1) is 13.9. The van der Waals surface area contributed by atoms with Crippen molar-refractivity contribution < 1.29 is 14.6 Å². The fraction of sp³-hybridized carbons (Fsp3) is 0.200. The fourth-order valence-corrected chi connectivity index (χ4v) is 1.82. The Hall–Kier alpha value is -2.56. The van der Waals surface area contributed by atoms with Crippen molar-refractivity contribution in [2.75, 3.05) is 13.7 Å². The molecule has 0 saturated carbocycles. The Morgan fingerprint density at radius 1 is 1.30 bits per heavy atom. The van der Waals surface area contributed by atoms with Gasteiger partial charge in [-0.05, 0) is 12.0 Å². The lowest BCUT2D eigenvalue weighted by atomic mass is 10.1. The van der Waals surface area contributed by atoms with Crippen LogP contribution in [0.25, 0.3) is 0 Å². The van der Waals surface area contributed by atoms with Gasteiger partial charge < -0.3 is 15.2 Å². The molecule has 2 rings (SSSR count). The first-order valence-corrected chi connectivity index (χ1v) is 6.26. The van der Waals surface area contributed by atoms with Gasteiger partial charge in [0.25, 0.3) is 5.91 Å². The lowest BCUT2D eigenvalue weighted by molar-refractivity contribution is 0.0945. The van der Waals surface area contributed by atoms with E-state index in [0.717, 1.165) is 12.0 Å². The summed E-state index contributed by atoms with van der Waals surface area (Å²) in [4.78, 5) is 15.8. The third-order valence-electron chi connectivity index (χ3n) is 2.86. The minimum atomic E-state index is -0.419. The normalized spacial score (nSPS) is 10.1. The number of carbonyl (C=O) groups is 1. The number of hydrogen-bond donors (Lipinski definition) is 2. The summed E-state index contributed by atoms with van der Waals surface area (Å²) in [5.41, 5.74) is 1.10. The lowest BCUT2D eigenvalue weighted by Gasteiger charge is -2.08. The van der Waals surface area contributed by atoms with Crippen LogP contribution < -0.4 is 10.1 Å². The second kappa shape index (κ2) is 6.56. The molecule has 1 heterocycles. The molecule has 2 aromatic rings. The monoisotopic (exact) mass is 272 g/mol. The highest BCUT2D eigenvalue weighted by molar-refractivity contribution is 5.95. The highest BCUT2D eigenvalue weighted by Gasteiger charge is 2.15. The van der Waals surface area contributed by atoms with E-state index in [4.69, 9.17) is 4.74 Å². The van der Waals surface area contributed by atoms with Gasteiger partial charge in [-0.3, -0.25) is 4.79 Å². The maximum atomic E-state index is 11.9. The van der Waals surface area contributed by atoms with Crippen molar-refractivity contribution in [2.24, 2.45) is 0 Å². The fourth-order valence-electron chi connectivity index (χ4n) is 1.82. The smallest absolute Gasteiger partial charge is 0.273 e. The molecule has 0 spiro atoms. The van der Waals surface area contributed by atoms with Crippen LogP contribution in [0.1, 0.15) is 16.1 Å². The molecule has 0 fully saturated rings. The van der Waals surface area contributed by atoms with Crippen LogP contribution in [0.5, 0.6) is 11.5 Å². The molecule has 0 atom stereocenters. The van der Waals surface area contributed by atoms with Crippen LogP contribution in [0, 0.1) is 0 Å². The molecule has 1 aromatic carbocycles. The van der Waals surface area contributed by atoms with E-state index >= 15 is 0 Å². The quantitative estimate of drug-likeness (QED) is 0.870. The first-order chi connectivity index (χ1) is 9.72. The van der Waals surface area contributed by atoms with E-state index in [9.17, 15) is 9.90 Å². The van der Waals surface area contributed by atoms with Crippen molar-refractivity contribution in [3.8, 4) is 11.5 Å². The van der Waals surface area contributed by atoms with E-state index in [1.807, 2.05) is 30.3 Å². The zero-order valence-electron chi connectivity index (χ0n) is 11.2. The van der Waals surface area contributed by atoms with Crippen LogP contribution in [0.2, 0.25) is 0 Å². The van der Waals surface area contributed by atoms with Gasteiger partial charge in [0.2, 0.25) is 0 Å². The summed E-state index contributed by atoms with van der Waals surface area (Å²) in [6, 6.07) is 11.3. The number of carbonyl (C=O) groups excluding carboxylic acids is 1. The average Bonchev–Trinajstić information content (AvgIpc) is 2.48. The molecule has 1 amide bonds. The number of methoxy groups -OCH3 is 1. The highest BCUT2D eigenvalue weighted by atomic mass is 16.5. The standard InChI is InChI=1S/C15H16N2O3/c1-20-12-8-10-16-13(14(12)18)15(19)17-9-7-11-5-3-2-4-6-11/h2-6,8,10,18H,7,9H2,1H3,(H,17,19). The number of pyridine rings is 1. The predicted octanol–water partition coefficient (Wildman–Crippen LogP) is 1.77. The maximum Gasteiger partial charge on any atom is 0.273 e. The van der Waals surface area contributed by atoms with E-state index in [-0.39, 0.29) is 17.2 Å². The maximum absolute atomic E-state index is 11.9. The second-order valence-electron chi connectivity index (χ2n) is 4.20. The SMILES string of the molecule is COc1ccnc(C(=O)NCCc2ccccc2)c1O. The zero-order valence-corrected chi connectivity index (χ0v) is 11.2. The molecule has 5 nitrogen and oxygen atoms in total. The van der Waals surface area contributed by atoms with Gasteiger partial charge in [0, 0.05) is 18.8 Å². The second-order valence-corrected chi connectivity index (χ2v) is 4.20. The molecule has 5 heteroatoms. The van der Waals surface area contributed by atoms with Crippen LogP contribution in [-0.2, 0) is 6.42 Å². The molecule has 0 saturated heterocycles. The molecule has 0 unspecified atom stereocenters. The Labute approximate surface area is 117 Å². The summed E-state index contributed by atoms with van der Waals surface area (Å²) in [7, 11) is 1.42.